The normalized spacial score (nSPS) is 11.0. The number of nitrogens with zero attached hydrogens (tertiary/aromatic N) is 1. The first-order valence-corrected chi connectivity index (χ1v) is 5.20. The first kappa shape index (κ1) is 12.5. The maximum Gasteiger partial charge on any atom is 0.513 e. The molecule has 0 amide bonds. The van der Waals surface area contributed by atoms with Crippen LogP contribution < -0.4 is 9.22 Å². The molecule has 0 saturated carbocycles. The quantitative estimate of drug-likeness (QED) is 0.449. The zero-order chi connectivity index (χ0) is 12.2. The molecule has 0 heterocycles. The minimum atomic E-state index is -0.666. The van der Waals surface area contributed by atoms with E-state index in [9.17, 15) is 4.79 Å². The molecule has 0 aliphatic heterocycles. The van der Waals surface area contributed by atoms with E-state index in [-0.39, 0.29) is 0 Å². The van der Waals surface area contributed by atoms with Crippen LogP contribution in [0.3, 0.4) is 0 Å². The summed E-state index contributed by atoms with van der Waals surface area (Å²) in [7, 11) is 6.14. The van der Waals surface area contributed by atoms with Gasteiger partial charge in [-0.15, -0.1) is 0 Å². The van der Waals surface area contributed by atoms with Crippen molar-refractivity contribution in [3.05, 3.63) is 24.3 Å². The zero-order valence-electron chi connectivity index (χ0n) is 10.2. The number of hydrogen-bond acceptors (Lipinski definition) is 3. The molecule has 0 bridgehead atoms. The molecule has 1 rings (SSSR count). The largest absolute Gasteiger partial charge is 0.513 e. The van der Waals surface area contributed by atoms with Crippen molar-refractivity contribution in [1.29, 1.82) is 0 Å². The van der Waals surface area contributed by atoms with Crippen LogP contribution in [0.2, 0.25) is 0 Å². The van der Waals surface area contributed by atoms with E-state index in [1.54, 1.807) is 13.0 Å². The van der Waals surface area contributed by atoms with Crippen molar-refractivity contribution < 1.29 is 14.3 Å². The third kappa shape index (κ3) is 3.55. The van der Waals surface area contributed by atoms with Crippen molar-refractivity contribution in [2.75, 3.05) is 27.7 Å². The first-order valence-electron chi connectivity index (χ1n) is 5.20. The zero-order valence-corrected chi connectivity index (χ0v) is 10.2. The molecule has 0 unspecified atom stereocenters. The van der Waals surface area contributed by atoms with E-state index < -0.39 is 6.16 Å². The molecule has 0 N–H and O–H groups in total. The molecule has 4 nitrogen and oxygen atoms in total. The summed E-state index contributed by atoms with van der Waals surface area (Å²) in [4.78, 5) is 11.1. The van der Waals surface area contributed by atoms with Crippen LogP contribution in [0.15, 0.2) is 24.3 Å². The average molecular weight is 224 g/mol. The Labute approximate surface area is 96.0 Å². The number of benzene rings is 1. The van der Waals surface area contributed by atoms with Gasteiger partial charge in [-0.1, -0.05) is 6.07 Å². The molecule has 0 saturated heterocycles. The van der Waals surface area contributed by atoms with Crippen LogP contribution in [0.5, 0.6) is 5.75 Å². The third-order valence-corrected chi connectivity index (χ3v) is 2.06. The second-order valence-electron chi connectivity index (χ2n) is 4.29. The molecule has 1 aromatic carbocycles. The summed E-state index contributed by atoms with van der Waals surface area (Å²) in [5.41, 5.74) is 1.06. The molecule has 0 aliphatic rings. The molecule has 1 aromatic rings. The molecule has 0 atom stereocenters. The van der Waals surface area contributed by atoms with Gasteiger partial charge >= 0.3 is 6.16 Å². The molecule has 0 aromatic heterocycles. The maximum atomic E-state index is 11.1. The molecular weight excluding hydrogens is 206 g/mol. The summed E-state index contributed by atoms with van der Waals surface area (Å²) in [6, 6.07) is 7.40. The molecule has 0 fully saturated rings. The predicted molar refractivity (Wildman–Crippen MR) is 63.7 cm³/mol. The van der Waals surface area contributed by atoms with E-state index >= 15 is 0 Å². The highest BCUT2D eigenvalue weighted by Crippen LogP contribution is 2.22. The maximum absolute atomic E-state index is 11.1. The Morgan fingerprint density at radius 1 is 1.31 bits per heavy atom. The lowest BCUT2D eigenvalue weighted by Crippen LogP contribution is -2.34. The van der Waals surface area contributed by atoms with E-state index in [0.717, 1.165) is 5.69 Å². The Balaban J connectivity index is 2.79. The van der Waals surface area contributed by atoms with Crippen molar-refractivity contribution >= 4 is 11.8 Å². The highest BCUT2D eigenvalue weighted by molar-refractivity contribution is 5.64. The molecule has 0 spiro atoms. The predicted octanol–water partition coefficient (Wildman–Crippen LogP) is 2.42. The lowest BCUT2D eigenvalue weighted by Gasteiger charge is -2.23. The van der Waals surface area contributed by atoms with Gasteiger partial charge in [-0.3, -0.25) is 4.48 Å². The second-order valence-corrected chi connectivity index (χ2v) is 4.29. The Kier molecular flexibility index (Phi) is 3.90. The summed E-state index contributed by atoms with van der Waals surface area (Å²) >= 11 is 0. The number of quaternary nitrogens is 1. The summed E-state index contributed by atoms with van der Waals surface area (Å²) < 4.78 is 10.4. The number of carbonyl (C=O) groups excluding carboxylic acids is 1. The highest BCUT2D eigenvalue weighted by atomic mass is 16.7. The summed E-state index contributed by atoms with van der Waals surface area (Å²) in [6.45, 7) is 2.05. The SMILES string of the molecule is CCOC(=O)Oc1cccc([N+](C)(C)C)c1. The number of hydrogen-bond donors (Lipinski definition) is 0. The van der Waals surface area contributed by atoms with Gasteiger partial charge in [-0.2, -0.15) is 0 Å². The molecule has 88 valence electrons. The fraction of sp³-hybridized carbons (Fsp3) is 0.417. The van der Waals surface area contributed by atoms with Crippen LogP contribution in [0, 0.1) is 0 Å². The summed E-state index contributed by atoms with van der Waals surface area (Å²) in [5, 5.41) is 0. The van der Waals surface area contributed by atoms with E-state index in [4.69, 9.17) is 9.47 Å². The Bertz CT molecular complexity index is 369. The lowest BCUT2D eigenvalue weighted by atomic mass is 10.2. The average Bonchev–Trinajstić information content (AvgIpc) is 2.17. The Hall–Kier alpha value is -1.55. The van der Waals surface area contributed by atoms with Gasteiger partial charge in [0.1, 0.15) is 11.4 Å². The van der Waals surface area contributed by atoms with Crippen molar-refractivity contribution in [2.45, 2.75) is 6.92 Å². The van der Waals surface area contributed by atoms with Crippen LogP contribution >= 0.6 is 0 Å². The smallest absolute Gasteiger partial charge is 0.434 e. The fourth-order valence-corrected chi connectivity index (χ4v) is 1.21. The second kappa shape index (κ2) is 4.99. The molecule has 4 heteroatoms. The standard InChI is InChI=1S/C12H18NO3/c1-5-15-12(14)16-11-8-6-7-10(9-11)13(2,3)4/h6-9H,5H2,1-4H3/q+1. The van der Waals surface area contributed by atoms with Gasteiger partial charge in [0.2, 0.25) is 0 Å². The summed E-state index contributed by atoms with van der Waals surface area (Å²) in [6.07, 6.45) is -0.666. The van der Waals surface area contributed by atoms with Crippen molar-refractivity contribution in [1.82, 2.24) is 4.48 Å². The monoisotopic (exact) mass is 224 g/mol. The lowest BCUT2D eigenvalue weighted by molar-refractivity contribution is 0.104. The van der Waals surface area contributed by atoms with E-state index in [1.165, 1.54) is 0 Å². The van der Waals surface area contributed by atoms with E-state index in [0.29, 0.717) is 16.8 Å². The Morgan fingerprint density at radius 3 is 2.56 bits per heavy atom. The van der Waals surface area contributed by atoms with Crippen molar-refractivity contribution in [2.24, 2.45) is 0 Å². The Morgan fingerprint density at radius 2 is 2.00 bits per heavy atom. The van der Waals surface area contributed by atoms with Crippen LogP contribution in [-0.2, 0) is 4.74 Å². The van der Waals surface area contributed by atoms with Crippen LogP contribution in [0.1, 0.15) is 6.92 Å². The molecule has 16 heavy (non-hydrogen) atoms. The van der Waals surface area contributed by atoms with E-state index in [2.05, 4.69) is 0 Å². The fourth-order valence-electron chi connectivity index (χ4n) is 1.21. The number of ether oxygens (including phenoxy) is 2. The number of carbonyl (C=O) groups is 1. The van der Waals surface area contributed by atoms with Gasteiger partial charge in [0.25, 0.3) is 0 Å². The number of rotatable bonds is 3. The van der Waals surface area contributed by atoms with Crippen LogP contribution in [0.4, 0.5) is 10.5 Å². The topological polar surface area (TPSA) is 35.5 Å². The summed E-state index contributed by atoms with van der Waals surface area (Å²) in [5.74, 6) is 0.504. The van der Waals surface area contributed by atoms with Gasteiger partial charge in [-0.25, -0.2) is 4.79 Å². The minimum Gasteiger partial charge on any atom is -0.434 e. The third-order valence-electron chi connectivity index (χ3n) is 2.06. The van der Waals surface area contributed by atoms with Crippen LogP contribution in [-0.4, -0.2) is 33.9 Å². The van der Waals surface area contributed by atoms with Crippen molar-refractivity contribution in [3.8, 4) is 5.75 Å². The molecular formula is C12H18NO3+. The van der Waals surface area contributed by atoms with Crippen molar-refractivity contribution in [3.63, 3.8) is 0 Å². The van der Waals surface area contributed by atoms with Crippen LogP contribution in [0.25, 0.3) is 0 Å². The highest BCUT2D eigenvalue weighted by Gasteiger charge is 2.14. The molecule has 0 radical (unpaired) electrons. The van der Waals surface area contributed by atoms with Gasteiger partial charge in [0, 0.05) is 6.07 Å². The molecule has 0 aliphatic carbocycles. The van der Waals surface area contributed by atoms with Gasteiger partial charge in [0.15, 0.2) is 0 Å². The minimum absolute atomic E-state index is 0.313. The van der Waals surface area contributed by atoms with Gasteiger partial charge in [0.05, 0.1) is 27.7 Å². The van der Waals surface area contributed by atoms with E-state index in [1.807, 2.05) is 39.3 Å². The van der Waals surface area contributed by atoms with Gasteiger partial charge in [-0.05, 0) is 19.1 Å². The van der Waals surface area contributed by atoms with Gasteiger partial charge < -0.3 is 9.47 Å². The first-order chi connectivity index (χ1) is 7.43.